The number of halogens is 1. The molecule has 2 unspecified atom stereocenters. The lowest BCUT2D eigenvalue weighted by Gasteiger charge is -2.21. The molecule has 0 aromatic heterocycles. The highest BCUT2D eigenvalue weighted by Crippen LogP contribution is 2.30. The van der Waals surface area contributed by atoms with Crippen LogP contribution in [0.15, 0.2) is 22.7 Å². The van der Waals surface area contributed by atoms with E-state index in [2.05, 4.69) is 27.3 Å². The first-order valence-electron chi connectivity index (χ1n) is 6.07. The fourth-order valence-corrected chi connectivity index (χ4v) is 4.29. The van der Waals surface area contributed by atoms with Gasteiger partial charge in [-0.2, -0.15) is 5.26 Å². The minimum Gasteiger partial charge on any atom is -0.380 e. The van der Waals surface area contributed by atoms with E-state index in [0.717, 1.165) is 17.3 Å². The molecule has 1 N–H and O–H groups in total. The van der Waals surface area contributed by atoms with Gasteiger partial charge in [-0.15, -0.1) is 0 Å². The normalized spacial score (nSPS) is 23.0. The molecule has 1 aliphatic rings. The number of hydrogen-bond donors (Lipinski definition) is 1. The third kappa shape index (κ3) is 3.28. The third-order valence-electron chi connectivity index (χ3n) is 3.45. The summed E-state index contributed by atoms with van der Waals surface area (Å²) < 4.78 is 24.3. The molecule has 0 saturated heterocycles. The number of benzene rings is 1. The molecule has 1 fully saturated rings. The van der Waals surface area contributed by atoms with E-state index in [1.165, 1.54) is 6.26 Å². The average molecular weight is 343 g/mol. The first-order valence-corrected chi connectivity index (χ1v) is 8.81. The van der Waals surface area contributed by atoms with Gasteiger partial charge in [-0.25, -0.2) is 8.42 Å². The predicted molar refractivity (Wildman–Crippen MR) is 78.8 cm³/mol. The third-order valence-corrected chi connectivity index (χ3v) is 5.60. The summed E-state index contributed by atoms with van der Waals surface area (Å²) in [5.74, 6) is 0. The van der Waals surface area contributed by atoms with Crippen molar-refractivity contribution in [2.24, 2.45) is 0 Å². The molecule has 0 heterocycles. The molecule has 2 rings (SSSR count). The van der Waals surface area contributed by atoms with Crippen LogP contribution in [0.4, 0.5) is 5.69 Å². The summed E-state index contributed by atoms with van der Waals surface area (Å²) >= 11 is 3.36. The highest BCUT2D eigenvalue weighted by Gasteiger charge is 2.34. The Morgan fingerprint density at radius 1 is 1.42 bits per heavy atom. The second-order valence-electron chi connectivity index (χ2n) is 4.85. The van der Waals surface area contributed by atoms with Gasteiger partial charge >= 0.3 is 0 Å². The van der Waals surface area contributed by atoms with Gasteiger partial charge in [0.1, 0.15) is 6.07 Å². The molecule has 1 saturated carbocycles. The van der Waals surface area contributed by atoms with Crippen molar-refractivity contribution in [1.29, 1.82) is 5.26 Å². The molecule has 0 aliphatic heterocycles. The molecule has 2 atom stereocenters. The number of nitrogens with zero attached hydrogens (tertiary/aromatic N) is 1. The molecule has 0 amide bonds. The van der Waals surface area contributed by atoms with Crippen molar-refractivity contribution in [3.63, 3.8) is 0 Å². The maximum Gasteiger partial charge on any atom is 0.152 e. The van der Waals surface area contributed by atoms with Crippen molar-refractivity contribution >= 4 is 31.5 Å². The lowest BCUT2D eigenvalue weighted by Crippen LogP contribution is -2.34. The van der Waals surface area contributed by atoms with Crippen molar-refractivity contribution in [2.75, 3.05) is 11.6 Å². The average Bonchev–Trinajstić information content (AvgIpc) is 2.77. The van der Waals surface area contributed by atoms with Gasteiger partial charge in [0.2, 0.25) is 0 Å². The van der Waals surface area contributed by atoms with Gasteiger partial charge in [0, 0.05) is 16.8 Å². The molecule has 102 valence electrons. The first kappa shape index (κ1) is 14.4. The number of sulfone groups is 1. The summed E-state index contributed by atoms with van der Waals surface area (Å²) in [6.45, 7) is 0. The van der Waals surface area contributed by atoms with Crippen LogP contribution in [-0.4, -0.2) is 26.0 Å². The van der Waals surface area contributed by atoms with Gasteiger partial charge in [0.25, 0.3) is 0 Å². The number of rotatable bonds is 3. The number of nitriles is 1. The summed E-state index contributed by atoms with van der Waals surface area (Å²) in [6.07, 6.45) is 3.68. The zero-order valence-electron chi connectivity index (χ0n) is 10.6. The Morgan fingerprint density at radius 3 is 2.79 bits per heavy atom. The van der Waals surface area contributed by atoms with E-state index in [9.17, 15) is 8.42 Å². The van der Waals surface area contributed by atoms with Crippen LogP contribution < -0.4 is 5.32 Å². The Kier molecular flexibility index (Phi) is 4.16. The fourth-order valence-electron chi connectivity index (χ4n) is 2.54. The number of anilines is 1. The Labute approximate surface area is 121 Å². The van der Waals surface area contributed by atoms with Crippen LogP contribution >= 0.6 is 15.9 Å². The largest absolute Gasteiger partial charge is 0.380 e. The molecular weight excluding hydrogens is 328 g/mol. The topological polar surface area (TPSA) is 70.0 Å². The zero-order chi connectivity index (χ0) is 14.0. The standard InChI is InChI=1S/C13H15BrN2O2S/c1-19(17,18)13-4-2-3-11(13)16-12-7-10(14)6-5-9(12)8-15/h5-7,11,13,16H,2-4H2,1H3. The van der Waals surface area contributed by atoms with E-state index in [0.29, 0.717) is 17.7 Å². The molecule has 0 bridgehead atoms. The van der Waals surface area contributed by atoms with Crippen molar-refractivity contribution in [3.05, 3.63) is 28.2 Å². The van der Waals surface area contributed by atoms with Crippen LogP contribution in [0.5, 0.6) is 0 Å². The highest BCUT2D eigenvalue weighted by atomic mass is 79.9. The summed E-state index contributed by atoms with van der Waals surface area (Å²) in [5, 5.41) is 11.9. The van der Waals surface area contributed by atoms with Gasteiger partial charge in [-0.1, -0.05) is 15.9 Å². The highest BCUT2D eigenvalue weighted by molar-refractivity contribution is 9.10. The van der Waals surface area contributed by atoms with E-state index < -0.39 is 9.84 Å². The van der Waals surface area contributed by atoms with Crippen LogP contribution in [0.25, 0.3) is 0 Å². The lowest BCUT2D eigenvalue weighted by atomic mass is 10.1. The van der Waals surface area contributed by atoms with E-state index >= 15 is 0 Å². The first-order chi connectivity index (χ1) is 8.91. The minimum atomic E-state index is -3.06. The molecule has 1 aliphatic carbocycles. The molecule has 6 heteroatoms. The molecule has 4 nitrogen and oxygen atoms in total. The molecule has 0 radical (unpaired) electrons. The van der Waals surface area contributed by atoms with Crippen molar-refractivity contribution < 1.29 is 8.42 Å². The van der Waals surface area contributed by atoms with Crippen molar-refractivity contribution in [2.45, 2.75) is 30.6 Å². The Balaban J connectivity index is 2.26. The second kappa shape index (κ2) is 5.51. The van der Waals surface area contributed by atoms with E-state index in [1.807, 2.05) is 6.07 Å². The smallest absolute Gasteiger partial charge is 0.152 e. The molecule has 1 aromatic rings. The van der Waals surface area contributed by atoms with Gasteiger partial charge in [-0.3, -0.25) is 0 Å². The number of nitrogens with one attached hydrogen (secondary N) is 1. The van der Waals surface area contributed by atoms with Crippen LogP contribution in [0, 0.1) is 11.3 Å². The Morgan fingerprint density at radius 2 is 2.16 bits per heavy atom. The maximum absolute atomic E-state index is 11.7. The molecular formula is C13H15BrN2O2S. The van der Waals surface area contributed by atoms with Gasteiger partial charge in [-0.05, 0) is 37.5 Å². The van der Waals surface area contributed by atoms with Crippen molar-refractivity contribution in [1.82, 2.24) is 0 Å². The van der Waals surface area contributed by atoms with Crippen LogP contribution in [0.1, 0.15) is 24.8 Å². The van der Waals surface area contributed by atoms with E-state index in [1.54, 1.807) is 12.1 Å². The Hall–Kier alpha value is -1.06. The van der Waals surface area contributed by atoms with Crippen molar-refractivity contribution in [3.8, 4) is 6.07 Å². The van der Waals surface area contributed by atoms with Gasteiger partial charge < -0.3 is 5.32 Å². The summed E-state index contributed by atoms with van der Waals surface area (Å²) in [7, 11) is -3.06. The lowest BCUT2D eigenvalue weighted by molar-refractivity contribution is 0.579. The quantitative estimate of drug-likeness (QED) is 0.916. The molecule has 19 heavy (non-hydrogen) atoms. The number of hydrogen-bond acceptors (Lipinski definition) is 4. The van der Waals surface area contributed by atoms with E-state index in [4.69, 9.17) is 5.26 Å². The summed E-state index contributed by atoms with van der Waals surface area (Å²) in [6, 6.07) is 7.34. The summed E-state index contributed by atoms with van der Waals surface area (Å²) in [4.78, 5) is 0. The summed E-state index contributed by atoms with van der Waals surface area (Å²) in [5.41, 5.74) is 1.22. The predicted octanol–water partition coefficient (Wildman–Crippen LogP) is 2.70. The van der Waals surface area contributed by atoms with E-state index in [-0.39, 0.29) is 11.3 Å². The van der Waals surface area contributed by atoms with Crippen LogP contribution in [-0.2, 0) is 9.84 Å². The van der Waals surface area contributed by atoms with Crippen LogP contribution in [0.2, 0.25) is 0 Å². The second-order valence-corrected chi connectivity index (χ2v) is 8.03. The Bertz CT molecular complexity index is 622. The van der Waals surface area contributed by atoms with Gasteiger partial charge in [0.15, 0.2) is 9.84 Å². The van der Waals surface area contributed by atoms with Gasteiger partial charge in [0.05, 0.1) is 16.5 Å². The SMILES string of the molecule is CS(=O)(=O)C1CCCC1Nc1cc(Br)ccc1C#N. The fraction of sp³-hybridized carbons (Fsp3) is 0.462. The zero-order valence-corrected chi connectivity index (χ0v) is 13.0. The van der Waals surface area contributed by atoms with Crippen LogP contribution in [0.3, 0.4) is 0 Å². The minimum absolute atomic E-state index is 0.114. The maximum atomic E-state index is 11.7. The molecule has 0 spiro atoms. The molecule has 1 aromatic carbocycles. The monoisotopic (exact) mass is 342 g/mol.